The van der Waals surface area contributed by atoms with Crippen LogP contribution in [0.4, 0.5) is 17.1 Å². The molecule has 0 aliphatic carbocycles. The van der Waals surface area contributed by atoms with E-state index in [1.165, 1.54) is 27.4 Å². The lowest BCUT2D eigenvalue weighted by molar-refractivity contribution is 0.623. The lowest BCUT2D eigenvalue weighted by atomic mass is 9.92. The SMILES string of the molecule is c1ccc(-c2nc3ccc4cc(-c5ccccc5)c5ccc(N(c6ccccc6)c6cccc7c8ccccc8n(-c8ccccc8)c67)cc5c4c3o2)cc1. The van der Waals surface area contributed by atoms with Crippen LogP contribution in [-0.4, -0.2) is 9.55 Å². The van der Waals surface area contributed by atoms with Crippen molar-refractivity contribution in [2.75, 3.05) is 4.90 Å². The number of hydrogen-bond acceptors (Lipinski definition) is 3. The zero-order valence-electron chi connectivity index (χ0n) is 29.8. The highest BCUT2D eigenvalue weighted by molar-refractivity contribution is 6.22. The molecule has 2 heterocycles. The average molecular weight is 704 g/mol. The summed E-state index contributed by atoms with van der Waals surface area (Å²) >= 11 is 0. The monoisotopic (exact) mass is 703 g/mol. The number of oxazole rings is 1. The molecule has 4 heteroatoms. The first kappa shape index (κ1) is 31.1. The maximum absolute atomic E-state index is 6.72. The number of aromatic nitrogens is 2. The molecule has 55 heavy (non-hydrogen) atoms. The molecule has 0 unspecified atom stereocenters. The maximum atomic E-state index is 6.72. The first-order chi connectivity index (χ1) is 27.3. The molecule has 0 aliphatic rings. The maximum Gasteiger partial charge on any atom is 0.227 e. The molecule has 4 nitrogen and oxygen atoms in total. The van der Waals surface area contributed by atoms with Crippen molar-refractivity contribution in [3.8, 4) is 28.3 Å². The molecule has 0 spiro atoms. The van der Waals surface area contributed by atoms with Gasteiger partial charge >= 0.3 is 0 Å². The van der Waals surface area contributed by atoms with Gasteiger partial charge in [-0.05, 0) is 100 Å². The van der Waals surface area contributed by atoms with Crippen molar-refractivity contribution in [1.29, 1.82) is 0 Å². The predicted molar refractivity (Wildman–Crippen MR) is 229 cm³/mol. The van der Waals surface area contributed by atoms with Gasteiger partial charge in [0, 0.05) is 38.8 Å². The van der Waals surface area contributed by atoms with Crippen molar-refractivity contribution in [2.45, 2.75) is 0 Å². The Bertz CT molecular complexity index is 3190. The van der Waals surface area contributed by atoms with Crippen molar-refractivity contribution < 1.29 is 4.42 Å². The summed E-state index contributed by atoms with van der Waals surface area (Å²) in [5, 5.41) is 6.82. The molecular formula is C51H33N3O. The fourth-order valence-corrected chi connectivity index (χ4v) is 8.34. The lowest BCUT2D eigenvalue weighted by Gasteiger charge is -2.27. The first-order valence-electron chi connectivity index (χ1n) is 18.6. The summed E-state index contributed by atoms with van der Waals surface area (Å²) in [5.41, 5.74) is 11.6. The molecule has 9 aromatic carbocycles. The van der Waals surface area contributed by atoms with Crippen molar-refractivity contribution in [1.82, 2.24) is 9.55 Å². The van der Waals surface area contributed by atoms with Crippen molar-refractivity contribution in [3.63, 3.8) is 0 Å². The molecule has 0 radical (unpaired) electrons. The molecule has 11 rings (SSSR count). The van der Waals surface area contributed by atoms with Crippen LogP contribution in [0.15, 0.2) is 205 Å². The number of nitrogens with zero attached hydrogens (tertiary/aromatic N) is 3. The van der Waals surface area contributed by atoms with Crippen LogP contribution in [0.3, 0.4) is 0 Å². The second-order valence-electron chi connectivity index (χ2n) is 13.9. The Morgan fingerprint density at radius 1 is 0.473 bits per heavy atom. The van der Waals surface area contributed by atoms with Crippen LogP contribution in [0.1, 0.15) is 0 Å². The molecule has 0 saturated heterocycles. The smallest absolute Gasteiger partial charge is 0.227 e. The van der Waals surface area contributed by atoms with E-state index in [4.69, 9.17) is 9.40 Å². The molecule has 0 aliphatic heterocycles. The first-order valence-corrected chi connectivity index (χ1v) is 18.6. The summed E-state index contributed by atoms with van der Waals surface area (Å²) in [6, 6.07) is 71.0. The second-order valence-corrected chi connectivity index (χ2v) is 13.9. The van der Waals surface area contributed by atoms with E-state index in [0.717, 1.165) is 66.5 Å². The van der Waals surface area contributed by atoms with Crippen molar-refractivity contribution in [2.24, 2.45) is 0 Å². The van der Waals surface area contributed by atoms with Crippen LogP contribution in [0, 0.1) is 0 Å². The molecule has 0 saturated carbocycles. The predicted octanol–water partition coefficient (Wildman–Crippen LogP) is 14.0. The van der Waals surface area contributed by atoms with E-state index in [-0.39, 0.29) is 0 Å². The fraction of sp³-hybridized carbons (Fsp3) is 0. The van der Waals surface area contributed by atoms with Crippen LogP contribution < -0.4 is 4.90 Å². The van der Waals surface area contributed by atoms with Crippen LogP contribution in [0.5, 0.6) is 0 Å². The third-order valence-electron chi connectivity index (χ3n) is 10.8. The number of fused-ring (bicyclic) bond motifs is 8. The van der Waals surface area contributed by atoms with Gasteiger partial charge in [0.1, 0.15) is 5.52 Å². The van der Waals surface area contributed by atoms with E-state index in [1.54, 1.807) is 0 Å². The van der Waals surface area contributed by atoms with E-state index < -0.39 is 0 Å². The van der Waals surface area contributed by atoms with Crippen LogP contribution in [0.25, 0.3) is 82.7 Å². The van der Waals surface area contributed by atoms with E-state index in [2.05, 4.69) is 179 Å². The van der Waals surface area contributed by atoms with E-state index >= 15 is 0 Å². The third-order valence-corrected chi connectivity index (χ3v) is 10.8. The van der Waals surface area contributed by atoms with Gasteiger partial charge in [-0.25, -0.2) is 4.98 Å². The van der Waals surface area contributed by atoms with Gasteiger partial charge in [-0.3, -0.25) is 0 Å². The highest BCUT2D eigenvalue weighted by Crippen LogP contribution is 2.46. The summed E-state index contributed by atoms with van der Waals surface area (Å²) < 4.78 is 9.12. The van der Waals surface area contributed by atoms with Gasteiger partial charge in [0.25, 0.3) is 0 Å². The Hall–Kier alpha value is -7.43. The van der Waals surface area contributed by atoms with Gasteiger partial charge in [0.15, 0.2) is 5.58 Å². The zero-order chi connectivity index (χ0) is 36.3. The summed E-state index contributed by atoms with van der Waals surface area (Å²) in [4.78, 5) is 7.39. The zero-order valence-corrected chi connectivity index (χ0v) is 29.8. The Labute approximate surface area is 317 Å². The fourth-order valence-electron chi connectivity index (χ4n) is 8.34. The van der Waals surface area contributed by atoms with Crippen LogP contribution in [0.2, 0.25) is 0 Å². The molecule has 0 atom stereocenters. The molecule has 0 N–H and O–H groups in total. The van der Waals surface area contributed by atoms with Gasteiger partial charge in [0.2, 0.25) is 5.89 Å². The minimum Gasteiger partial charge on any atom is -0.435 e. The van der Waals surface area contributed by atoms with E-state index in [0.29, 0.717) is 5.89 Å². The third kappa shape index (κ3) is 5.03. The average Bonchev–Trinajstić information content (AvgIpc) is 3.85. The number of para-hydroxylation sites is 4. The summed E-state index contributed by atoms with van der Waals surface area (Å²) in [6.45, 7) is 0. The molecule has 0 amide bonds. The summed E-state index contributed by atoms with van der Waals surface area (Å²) in [7, 11) is 0. The van der Waals surface area contributed by atoms with Gasteiger partial charge in [-0.1, -0.05) is 127 Å². The Morgan fingerprint density at radius 2 is 1.15 bits per heavy atom. The molecular weight excluding hydrogens is 671 g/mol. The van der Waals surface area contributed by atoms with E-state index in [9.17, 15) is 0 Å². The van der Waals surface area contributed by atoms with Crippen molar-refractivity contribution in [3.05, 3.63) is 200 Å². The quantitative estimate of drug-likeness (QED) is 0.162. The normalized spacial score (nSPS) is 11.6. The van der Waals surface area contributed by atoms with Gasteiger partial charge < -0.3 is 13.9 Å². The molecule has 258 valence electrons. The minimum atomic E-state index is 0.617. The minimum absolute atomic E-state index is 0.617. The standard InChI is InChI=1S/C51H33N3O/c1-5-16-34(17-6-1)43-32-36-28-31-45-50(55-51(52-45)35-18-7-2-8-19-35)48(36)44-33-39(29-30-40(43)44)53(37-20-9-3-10-21-37)47-27-15-25-42-41-24-13-14-26-46(41)54(49(42)47)38-22-11-4-12-23-38/h1-33H. The molecule has 0 fully saturated rings. The van der Waals surface area contributed by atoms with Crippen molar-refractivity contribution >= 4 is 71.5 Å². The van der Waals surface area contributed by atoms with Crippen LogP contribution >= 0.6 is 0 Å². The van der Waals surface area contributed by atoms with Gasteiger partial charge in [0.05, 0.1) is 16.7 Å². The second kappa shape index (κ2) is 12.6. The number of rotatable bonds is 6. The highest BCUT2D eigenvalue weighted by atomic mass is 16.3. The van der Waals surface area contributed by atoms with Gasteiger partial charge in [-0.15, -0.1) is 0 Å². The van der Waals surface area contributed by atoms with Crippen LogP contribution in [-0.2, 0) is 0 Å². The molecule has 11 aromatic rings. The number of hydrogen-bond donors (Lipinski definition) is 0. The molecule has 2 aromatic heterocycles. The topological polar surface area (TPSA) is 34.2 Å². The number of anilines is 3. The van der Waals surface area contributed by atoms with E-state index in [1.807, 2.05) is 30.3 Å². The lowest BCUT2D eigenvalue weighted by Crippen LogP contribution is -2.11. The Morgan fingerprint density at radius 3 is 1.93 bits per heavy atom. The molecule has 0 bridgehead atoms. The van der Waals surface area contributed by atoms with Gasteiger partial charge in [-0.2, -0.15) is 0 Å². The Balaban J connectivity index is 1.24. The highest BCUT2D eigenvalue weighted by Gasteiger charge is 2.23. The largest absolute Gasteiger partial charge is 0.435 e. The number of benzene rings is 9. The summed E-state index contributed by atoms with van der Waals surface area (Å²) in [5.74, 6) is 0.617. The summed E-state index contributed by atoms with van der Waals surface area (Å²) in [6.07, 6.45) is 0. The Kier molecular flexibility index (Phi) is 7.14.